The van der Waals surface area contributed by atoms with Gasteiger partial charge in [-0.3, -0.25) is 9.69 Å². The Morgan fingerprint density at radius 2 is 1.70 bits per heavy atom. The number of hydrogen-bond donors (Lipinski definition) is 1. The lowest BCUT2D eigenvalue weighted by atomic mass is 9.96. The van der Waals surface area contributed by atoms with Crippen LogP contribution in [0.15, 0.2) is 66.7 Å². The first kappa shape index (κ1) is 30.1. The summed E-state index contributed by atoms with van der Waals surface area (Å²) in [5, 5.41) is 3.98. The summed E-state index contributed by atoms with van der Waals surface area (Å²) in [6.45, 7) is 10.9. The Kier molecular flexibility index (Phi) is 8.61. The van der Waals surface area contributed by atoms with E-state index in [4.69, 9.17) is 4.74 Å². The largest absolute Gasteiger partial charge is 0.443 e. The molecule has 7 heteroatoms. The van der Waals surface area contributed by atoms with Crippen molar-refractivity contribution in [3.63, 3.8) is 0 Å². The quantitative estimate of drug-likeness (QED) is 0.239. The fraction of sp³-hybridized carbons (Fsp3) is 0.405. The summed E-state index contributed by atoms with van der Waals surface area (Å²) in [7, 11) is 2.13. The number of carbonyl (C=O) groups is 2. The predicted octanol–water partition coefficient (Wildman–Crippen LogP) is 7.00. The van der Waals surface area contributed by atoms with E-state index in [1.807, 2.05) is 32.9 Å². The van der Waals surface area contributed by atoms with Crippen molar-refractivity contribution in [1.82, 2.24) is 19.7 Å². The van der Waals surface area contributed by atoms with Crippen LogP contribution in [0.3, 0.4) is 0 Å². The van der Waals surface area contributed by atoms with Gasteiger partial charge in [0.25, 0.3) is 5.91 Å². The summed E-state index contributed by atoms with van der Waals surface area (Å²) in [6, 6.07) is 23.1. The molecule has 1 saturated heterocycles. The fourth-order valence-electron chi connectivity index (χ4n) is 6.53. The van der Waals surface area contributed by atoms with Crippen molar-refractivity contribution in [2.45, 2.75) is 71.7 Å². The molecule has 1 amide bonds. The molecule has 7 nitrogen and oxygen atoms in total. The van der Waals surface area contributed by atoms with Gasteiger partial charge >= 0.3 is 6.09 Å². The van der Waals surface area contributed by atoms with Crippen LogP contribution >= 0.6 is 0 Å². The molecule has 6 rings (SSSR count). The van der Waals surface area contributed by atoms with Crippen molar-refractivity contribution in [2.75, 3.05) is 26.7 Å². The second-order valence-corrected chi connectivity index (χ2v) is 13.4. The highest BCUT2D eigenvalue weighted by molar-refractivity contribution is 6.07. The number of piperidine rings is 1. The summed E-state index contributed by atoms with van der Waals surface area (Å²) in [5.41, 5.74) is 6.82. The number of fused-ring (bicyclic) bond motifs is 2. The van der Waals surface area contributed by atoms with Crippen LogP contribution in [0.4, 0.5) is 4.79 Å². The minimum atomic E-state index is -0.665. The normalized spacial score (nSPS) is 15.5. The molecule has 1 fully saturated rings. The molecule has 0 saturated carbocycles. The molecule has 1 N–H and O–H groups in total. The van der Waals surface area contributed by atoms with Crippen LogP contribution in [0, 0.1) is 0 Å². The maximum atomic E-state index is 13.8. The van der Waals surface area contributed by atoms with Crippen LogP contribution in [0.5, 0.6) is 0 Å². The number of likely N-dealkylation sites (N-methyl/N-ethyl adjacent to an activating group) is 1. The lowest BCUT2D eigenvalue weighted by Gasteiger charge is -2.26. The van der Waals surface area contributed by atoms with Crippen LogP contribution < -0.4 is 5.32 Å². The van der Waals surface area contributed by atoms with Crippen molar-refractivity contribution >= 4 is 22.9 Å². The molecule has 1 aromatic heterocycles. The Labute approximate surface area is 260 Å². The highest BCUT2D eigenvalue weighted by Crippen LogP contribution is 2.36. The Hall–Kier alpha value is -3.94. The minimum Gasteiger partial charge on any atom is -0.443 e. The van der Waals surface area contributed by atoms with Crippen LogP contribution in [0.2, 0.25) is 0 Å². The number of hydrogen-bond acceptors (Lipinski definition) is 5. The number of nitrogens with zero attached hydrogens (tertiary/aromatic N) is 3. The number of ether oxygens (including phenoxy) is 1. The molecule has 44 heavy (non-hydrogen) atoms. The molecule has 0 atom stereocenters. The van der Waals surface area contributed by atoms with Gasteiger partial charge in [-0.1, -0.05) is 48.9 Å². The van der Waals surface area contributed by atoms with Gasteiger partial charge in [0.05, 0.1) is 16.8 Å². The monoisotopic (exact) mass is 592 g/mol. The van der Waals surface area contributed by atoms with Gasteiger partial charge in [-0.2, -0.15) is 0 Å². The SMILES string of the molecule is CN(CCc1ccccc1)Cc1cc2c(c(-c3cc4cc(CN5CCCCC5)ccc4n3C(=O)OC(C)(C)C)c1)C(=O)NC2. The second-order valence-electron chi connectivity index (χ2n) is 13.4. The van der Waals surface area contributed by atoms with E-state index >= 15 is 0 Å². The maximum Gasteiger partial charge on any atom is 0.419 e. The third kappa shape index (κ3) is 6.74. The molecule has 4 aromatic rings. The molecule has 3 aromatic carbocycles. The average molecular weight is 593 g/mol. The molecule has 2 aliphatic heterocycles. The molecule has 0 bridgehead atoms. The van der Waals surface area contributed by atoms with Crippen LogP contribution in [0.1, 0.15) is 72.6 Å². The molecule has 0 spiro atoms. The van der Waals surface area contributed by atoms with E-state index in [9.17, 15) is 9.59 Å². The number of aromatic nitrogens is 1. The minimum absolute atomic E-state index is 0.106. The van der Waals surface area contributed by atoms with Gasteiger partial charge < -0.3 is 15.0 Å². The van der Waals surface area contributed by atoms with E-state index in [1.165, 1.54) is 30.4 Å². The summed E-state index contributed by atoms with van der Waals surface area (Å²) in [4.78, 5) is 31.8. The van der Waals surface area contributed by atoms with E-state index in [1.54, 1.807) is 4.57 Å². The lowest BCUT2D eigenvalue weighted by Crippen LogP contribution is -2.29. The number of amides is 1. The smallest absolute Gasteiger partial charge is 0.419 e. The van der Waals surface area contributed by atoms with Gasteiger partial charge in [-0.25, -0.2) is 9.36 Å². The van der Waals surface area contributed by atoms with E-state index in [0.717, 1.165) is 66.7 Å². The van der Waals surface area contributed by atoms with Crippen molar-refractivity contribution in [1.29, 1.82) is 0 Å². The molecule has 0 radical (unpaired) electrons. The Balaban J connectivity index is 1.39. The average Bonchev–Trinajstić information content (AvgIpc) is 3.56. The van der Waals surface area contributed by atoms with Gasteiger partial charge in [0.1, 0.15) is 5.60 Å². The highest BCUT2D eigenvalue weighted by atomic mass is 16.6. The van der Waals surface area contributed by atoms with Crippen LogP contribution in [-0.4, -0.2) is 58.7 Å². The molecular weight excluding hydrogens is 548 g/mol. The summed E-state index contributed by atoms with van der Waals surface area (Å²) < 4.78 is 7.59. The molecule has 230 valence electrons. The molecule has 0 aliphatic carbocycles. The molecule has 3 heterocycles. The number of likely N-dealkylation sites (tertiary alicyclic amines) is 1. The topological polar surface area (TPSA) is 66.8 Å². The van der Waals surface area contributed by atoms with Crippen molar-refractivity contribution in [2.24, 2.45) is 0 Å². The van der Waals surface area contributed by atoms with Crippen molar-refractivity contribution in [3.8, 4) is 11.3 Å². The third-order valence-electron chi connectivity index (χ3n) is 8.60. The van der Waals surface area contributed by atoms with Gasteiger partial charge in [0.2, 0.25) is 0 Å². The summed E-state index contributed by atoms with van der Waals surface area (Å²) in [6.07, 6.45) is 4.31. The van der Waals surface area contributed by atoms with Gasteiger partial charge in [-0.05, 0) is 107 Å². The molecular formula is C37H44N4O3. The van der Waals surface area contributed by atoms with E-state index in [-0.39, 0.29) is 5.91 Å². The highest BCUT2D eigenvalue weighted by Gasteiger charge is 2.29. The number of carbonyl (C=O) groups excluding carboxylic acids is 2. The first-order valence-electron chi connectivity index (χ1n) is 15.9. The zero-order valence-corrected chi connectivity index (χ0v) is 26.5. The summed E-state index contributed by atoms with van der Waals surface area (Å²) >= 11 is 0. The Morgan fingerprint density at radius 3 is 2.45 bits per heavy atom. The Morgan fingerprint density at radius 1 is 0.932 bits per heavy atom. The zero-order valence-electron chi connectivity index (χ0n) is 26.5. The Bertz CT molecular complexity index is 1660. The van der Waals surface area contributed by atoms with Crippen LogP contribution in [0.25, 0.3) is 22.2 Å². The second kappa shape index (κ2) is 12.6. The van der Waals surface area contributed by atoms with Gasteiger partial charge in [-0.15, -0.1) is 0 Å². The third-order valence-corrected chi connectivity index (χ3v) is 8.60. The predicted molar refractivity (Wildman–Crippen MR) is 176 cm³/mol. The standard InChI is InChI=1S/C37H44N4O3/c1-37(2,3)44-36(43)41-32-14-13-27(25-40-16-9-6-10-17-40)19-29(32)22-33(41)31-21-28(20-30-23-38-35(42)34(30)31)24-39(4)18-15-26-11-7-5-8-12-26/h5,7-8,11-14,19-22H,6,9-10,15-18,23-25H2,1-4H3,(H,38,42). The van der Waals surface area contributed by atoms with Crippen LogP contribution in [-0.2, 0) is 30.8 Å². The van der Waals surface area contributed by atoms with Crippen molar-refractivity contribution in [3.05, 3.63) is 94.5 Å². The van der Waals surface area contributed by atoms with E-state index in [0.29, 0.717) is 17.8 Å². The van der Waals surface area contributed by atoms with E-state index in [2.05, 4.69) is 76.8 Å². The fourth-order valence-corrected chi connectivity index (χ4v) is 6.53. The summed E-state index contributed by atoms with van der Waals surface area (Å²) in [5.74, 6) is -0.106. The zero-order chi connectivity index (χ0) is 30.8. The van der Waals surface area contributed by atoms with Gasteiger partial charge in [0, 0.05) is 37.1 Å². The molecule has 0 unspecified atom stereocenters. The van der Waals surface area contributed by atoms with Gasteiger partial charge in [0.15, 0.2) is 0 Å². The maximum absolute atomic E-state index is 13.8. The first-order valence-corrected chi connectivity index (χ1v) is 15.9. The lowest BCUT2D eigenvalue weighted by molar-refractivity contribution is 0.0547. The van der Waals surface area contributed by atoms with E-state index < -0.39 is 11.7 Å². The molecule has 2 aliphatic rings. The number of nitrogens with one attached hydrogen (secondary N) is 1. The first-order chi connectivity index (χ1) is 21.1. The number of rotatable bonds is 8. The van der Waals surface area contributed by atoms with Crippen molar-refractivity contribution < 1.29 is 14.3 Å². The number of benzene rings is 3.